The summed E-state index contributed by atoms with van der Waals surface area (Å²) in [7, 11) is 1.58. The maximum absolute atomic E-state index is 12.9. The van der Waals surface area contributed by atoms with E-state index >= 15 is 0 Å². The van der Waals surface area contributed by atoms with Crippen LogP contribution in [0.4, 0.5) is 4.39 Å². The van der Waals surface area contributed by atoms with Crippen molar-refractivity contribution in [2.24, 2.45) is 0 Å². The highest BCUT2D eigenvalue weighted by Gasteiger charge is 2.22. The summed E-state index contributed by atoms with van der Waals surface area (Å²) in [6.07, 6.45) is 1.76. The summed E-state index contributed by atoms with van der Waals surface area (Å²) in [5.41, 5.74) is 1.65. The van der Waals surface area contributed by atoms with Gasteiger partial charge in [0.15, 0.2) is 0 Å². The number of hydrogen-bond donors (Lipinski definition) is 1. The number of halogens is 1. The van der Waals surface area contributed by atoms with Gasteiger partial charge in [0.05, 0.1) is 12.0 Å². The van der Waals surface area contributed by atoms with Crippen LogP contribution >= 0.6 is 24.0 Å². The summed E-state index contributed by atoms with van der Waals surface area (Å²) in [6.45, 7) is 0.254. The molecule has 25 heavy (non-hydrogen) atoms. The van der Waals surface area contributed by atoms with Crippen molar-refractivity contribution >= 4 is 40.3 Å². The predicted octanol–water partition coefficient (Wildman–Crippen LogP) is 3.90. The topological polar surface area (TPSA) is 47.6 Å². The number of ether oxygens (including phenoxy) is 2. The molecule has 2 aromatic rings. The maximum atomic E-state index is 12.9. The van der Waals surface area contributed by atoms with Gasteiger partial charge in [0, 0.05) is 5.56 Å². The van der Waals surface area contributed by atoms with Crippen LogP contribution in [0.15, 0.2) is 47.4 Å². The fourth-order valence-electron chi connectivity index (χ4n) is 2.27. The highest BCUT2D eigenvalue weighted by atomic mass is 32.2. The van der Waals surface area contributed by atoms with Crippen molar-refractivity contribution in [1.29, 1.82) is 0 Å². The Morgan fingerprint density at radius 3 is 2.64 bits per heavy atom. The van der Waals surface area contributed by atoms with Crippen molar-refractivity contribution in [2.75, 3.05) is 7.11 Å². The average molecular weight is 375 g/mol. The second-order valence-corrected chi connectivity index (χ2v) is 6.88. The molecule has 2 aromatic carbocycles. The summed E-state index contributed by atoms with van der Waals surface area (Å²) in [5, 5.41) is 2.58. The smallest absolute Gasteiger partial charge is 0.263 e. The van der Waals surface area contributed by atoms with Crippen LogP contribution in [0.5, 0.6) is 11.5 Å². The van der Waals surface area contributed by atoms with Gasteiger partial charge in [0.1, 0.15) is 28.2 Å². The molecule has 1 aliphatic rings. The van der Waals surface area contributed by atoms with Crippen LogP contribution in [0.3, 0.4) is 0 Å². The molecule has 0 atom stereocenters. The van der Waals surface area contributed by atoms with Gasteiger partial charge in [-0.25, -0.2) is 4.39 Å². The first kappa shape index (κ1) is 17.4. The number of amides is 1. The summed E-state index contributed by atoms with van der Waals surface area (Å²) in [5.74, 6) is 0.713. The Bertz CT molecular complexity index is 850. The lowest BCUT2D eigenvalue weighted by molar-refractivity contribution is -0.115. The minimum atomic E-state index is -0.316. The minimum absolute atomic E-state index is 0.199. The normalized spacial score (nSPS) is 15.4. The van der Waals surface area contributed by atoms with Gasteiger partial charge in [0.2, 0.25) is 0 Å². The molecule has 0 aliphatic carbocycles. The van der Waals surface area contributed by atoms with Gasteiger partial charge in [-0.3, -0.25) is 4.79 Å². The Morgan fingerprint density at radius 2 is 2.00 bits per heavy atom. The number of benzene rings is 2. The van der Waals surface area contributed by atoms with Gasteiger partial charge >= 0.3 is 0 Å². The third kappa shape index (κ3) is 4.37. The van der Waals surface area contributed by atoms with E-state index in [-0.39, 0.29) is 18.3 Å². The highest BCUT2D eigenvalue weighted by molar-refractivity contribution is 8.26. The number of methoxy groups -OCH3 is 1. The molecule has 1 saturated heterocycles. The zero-order valence-electron chi connectivity index (χ0n) is 13.2. The Kier molecular flexibility index (Phi) is 5.35. The summed E-state index contributed by atoms with van der Waals surface area (Å²) in [6, 6.07) is 11.3. The molecule has 1 fully saturated rings. The van der Waals surface area contributed by atoms with Crippen molar-refractivity contribution in [3.05, 3.63) is 64.3 Å². The SMILES string of the molecule is COc1ccc(/C=C2/SC(=S)NC2=O)cc1COc1ccc(F)cc1. The van der Waals surface area contributed by atoms with Gasteiger partial charge in [0.25, 0.3) is 5.91 Å². The molecule has 0 unspecified atom stereocenters. The average Bonchev–Trinajstić information content (AvgIpc) is 2.92. The number of rotatable bonds is 5. The molecule has 1 aliphatic heterocycles. The molecule has 0 aromatic heterocycles. The van der Waals surface area contributed by atoms with E-state index in [0.29, 0.717) is 20.7 Å². The zero-order chi connectivity index (χ0) is 17.8. The fourth-order valence-corrected chi connectivity index (χ4v) is 3.31. The van der Waals surface area contributed by atoms with Crippen LogP contribution in [0.25, 0.3) is 6.08 Å². The molecule has 1 heterocycles. The van der Waals surface area contributed by atoms with Crippen LogP contribution in [0.2, 0.25) is 0 Å². The molecule has 3 rings (SSSR count). The number of nitrogens with one attached hydrogen (secondary N) is 1. The lowest BCUT2D eigenvalue weighted by Gasteiger charge is -2.11. The van der Waals surface area contributed by atoms with Gasteiger partial charge in [-0.1, -0.05) is 30.0 Å². The Labute approximate surface area is 154 Å². The number of hydrogen-bond acceptors (Lipinski definition) is 5. The zero-order valence-corrected chi connectivity index (χ0v) is 14.9. The van der Waals surface area contributed by atoms with Gasteiger partial charge < -0.3 is 14.8 Å². The number of carbonyl (C=O) groups is 1. The number of thiocarbonyl (C=S) groups is 1. The van der Waals surface area contributed by atoms with E-state index in [1.807, 2.05) is 18.2 Å². The monoisotopic (exact) mass is 375 g/mol. The van der Waals surface area contributed by atoms with Crippen molar-refractivity contribution in [3.63, 3.8) is 0 Å². The number of thioether (sulfide) groups is 1. The quantitative estimate of drug-likeness (QED) is 0.634. The Morgan fingerprint density at radius 1 is 1.24 bits per heavy atom. The molecule has 1 N–H and O–H groups in total. The standard InChI is InChI=1S/C18H14FNO3S2/c1-22-15-7-2-11(9-16-17(21)20-18(24)25-16)8-12(15)10-23-14-5-3-13(19)4-6-14/h2-9H,10H2,1H3,(H,20,21,24)/b16-9+. The number of carbonyl (C=O) groups excluding carboxylic acids is 1. The second kappa shape index (κ2) is 7.67. The minimum Gasteiger partial charge on any atom is -0.496 e. The van der Waals surface area contributed by atoms with Gasteiger partial charge in [-0.15, -0.1) is 0 Å². The molecular weight excluding hydrogens is 361 g/mol. The summed E-state index contributed by atoms with van der Waals surface area (Å²) >= 11 is 6.21. The molecule has 0 spiro atoms. The molecule has 4 nitrogen and oxygen atoms in total. The third-order valence-electron chi connectivity index (χ3n) is 3.45. The maximum Gasteiger partial charge on any atom is 0.263 e. The lowest BCUT2D eigenvalue weighted by atomic mass is 10.1. The van der Waals surface area contributed by atoms with E-state index in [9.17, 15) is 9.18 Å². The molecule has 1 amide bonds. The molecule has 0 bridgehead atoms. The van der Waals surface area contributed by atoms with E-state index < -0.39 is 0 Å². The van der Waals surface area contributed by atoms with E-state index in [1.165, 1.54) is 23.9 Å². The highest BCUT2D eigenvalue weighted by Crippen LogP contribution is 2.28. The van der Waals surface area contributed by atoms with Crippen LogP contribution < -0.4 is 14.8 Å². The van der Waals surface area contributed by atoms with Gasteiger partial charge in [-0.2, -0.15) is 0 Å². The Hall–Kier alpha value is -2.38. The molecule has 7 heteroatoms. The first-order valence-corrected chi connectivity index (χ1v) is 8.58. The largest absolute Gasteiger partial charge is 0.496 e. The first-order chi connectivity index (χ1) is 12.0. The molecular formula is C18H14FNO3S2. The van der Waals surface area contributed by atoms with E-state index in [0.717, 1.165) is 11.1 Å². The van der Waals surface area contributed by atoms with Crippen molar-refractivity contribution < 1.29 is 18.7 Å². The van der Waals surface area contributed by atoms with Crippen LogP contribution in [0.1, 0.15) is 11.1 Å². The lowest BCUT2D eigenvalue weighted by Crippen LogP contribution is -2.17. The first-order valence-electron chi connectivity index (χ1n) is 7.35. The third-order valence-corrected chi connectivity index (χ3v) is 4.61. The molecule has 128 valence electrons. The Balaban J connectivity index is 1.80. The van der Waals surface area contributed by atoms with Crippen molar-refractivity contribution in [1.82, 2.24) is 5.32 Å². The van der Waals surface area contributed by atoms with Crippen LogP contribution in [-0.4, -0.2) is 17.3 Å². The van der Waals surface area contributed by atoms with E-state index in [2.05, 4.69) is 5.32 Å². The van der Waals surface area contributed by atoms with Crippen molar-refractivity contribution in [3.8, 4) is 11.5 Å². The van der Waals surface area contributed by atoms with Crippen LogP contribution in [-0.2, 0) is 11.4 Å². The molecule has 0 saturated carbocycles. The fraction of sp³-hybridized carbons (Fsp3) is 0.111. The van der Waals surface area contributed by atoms with Gasteiger partial charge in [-0.05, 0) is 48.0 Å². The second-order valence-electron chi connectivity index (χ2n) is 5.17. The summed E-state index contributed by atoms with van der Waals surface area (Å²) < 4.78 is 24.4. The molecule has 0 radical (unpaired) electrons. The van der Waals surface area contributed by atoms with E-state index in [4.69, 9.17) is 21.7 Å². The summed E-state index contributed by atoms with van der Waals surface area (Å²) in [4.78, 5) is 12.3. The van der Waals surface area contributed by atoms with Crippen molar-refractivity contribution in [2.45, 2.75) is 6.61 Å². The van der Waals surface area contributed by atoms with Crippen LogP contribution in [0, 0.1) is 5.82 Å². The predicted molar refractivity (Wildman–Crippen MR) is 100 cm³/mol. The van der Waals surface area contributed by atoms with E-state index in [1.54, 1.807) is 25.3 Å².